The summed E-state index contributed by atoms with van der Waals surface area (Å²) in [5.74, 6) is 0. The SMILES string of the molecule is C=CCOC(COCc1ccccc1)C1=C(C)C1. The van der Waals surface area contributed by atoms with E-state index in [4.69, 9.17) is 9.47 Å². The maximum atomic E-state index is 5.74. The molecule has 1 aromatic rings. The standard InChI is InChI=1S/C16H20O2/c1-3-9-18-16(15-10-13(15)2)12-17-11-14-7-5-4-6-8-14/h3-8,16H,1,9-12H2,2H3. The van der Waals surface area contributed by atoms with Gasteiger partial charge in [0.1, 0.15) is 6.10 Å². The summed E-state index contributed by atoms with van der Waals surface area (Å²) in [6, 6.07) is 10.2. The van der Waals surface area contributed by atoms with Crippen LogP contribution in [0.4, 0.5) is 0 Å². The van der Waals surface area contributed by atoms with Crippen LogP contribution in [0.3, 0.4) is 0 Å². The van der Waals surface area contributed by atoms with Crippen molar-refractivity contribution in [2.24, 2.45) is 0 Å². The van der Waals surface area contributed by atoms with Gasteiger partial charge in [-0.3, -0.25) is 0 Å². The fourth-order valence-corrected chi connectivity index (χ4v) is 1.92. The lowest BCUT2D eigenvalue weighted by Crippen LogP contribution is -2.19. The highest BCUT2D eigenvalue weighted by molar-refractivity contribution is 5.36. The Balaban J connectivity index is 1.77. The van der Waals surface area contributed by atoms with E-state index in [0.29, 0.717) is 19.8 Å². The molecule has 0 saturated carbocycles. The van der Waals surface area contributed by atoms with Crippen molar-refractivity contribution in [1.82, 2.24) is 0 Å². The van der Waals surface area contributed by atoms with Gasteiger partial charge in [-0.25, -0.2) is 0 Å². The highest BCUT2D eigenvalue weighted by Crippen LogP contribution is 2.34. The van der Waals surface area contributed by atoms with E-state index in [2.05, 4.69) is 25.6 Å². The molecule has 0 aliphatic heterocycles. The third-order valence-corrected chi connectivity index (χ3v) is 3.06. The molecule has 2 nitrogen and oxygen atoms in total. The van der Waals surface area contributed by atoms with Crippen LogP contribution in [0.1, 0.15) is 18.9 Å². The molecule has 0 aromatic heterocycles. The maximum absolute atomic E-state index is 5.74. The Morgan fingerprint density at radius 2 is 2.06 bits per heavy atom. The molecule has 1 aromatic carbocycles. The van der Waals surface area contributed by atoms with E-state index in [1.54, 1.807) is 6.08 Å². The molecule has 0 spiro atoms. The molecule has 96 valence electrons. The molecule has 0 saturated heterocycles. The molecular weight excluding hydrogens is 224 g/mol. The summed E-state index contributed by atoms with van der Waals surface area (Å²) in [6.45, 7) is 7.67. The van der Waals surface area contributed by atoms with Gasteiger partial charge in [-0.15, -0.1) is 6.58 Å². The number of benzene rings is 1. The number of hydrogen-bond donors (Lipinski definition) is 0. The monoisotopic (exact) mass is 244 g/mol. The van der Waals surface area contributed by atoms with Gasteiger partial charge in [0, 0.05) is 0 Å². The topological polar surface area (TPSA) is 18.5 Å². The molecule has 2 rings (SSSR count). The zero-order chi connectivity index (χ0) is 12.8. The van der Waals surface area contributed by atoms with E-state index in [1.807, 2.05) is 18.2 Å². The smallest absolute Gasteiger partial charge is 0.103 e. The highest BCUT2D eigenvalue weighted by Gasteiger charge is 2.26. The van der Waals surface area contributed by atoms with Crippen LogP contribution in [-0.4, -0.2) is 19.3 Å². The minimum atomic E-state index is 0.103. The minimum absolute atomic E-state index is 0.103. The van der Waals surface area contributed by atoms with Crippen molar-refractivity contribution in [3.63, 3.8) is 0 Å². The predicted octanol–water partition coefficient (Wildman–Crippen LogP) is 3.49. The molecular formula is C16H20O2. The van der Waals surface area contributed by atoms with E-state index < -0.39 is 0 Å². The molecule has 0 N–H and O–H groups in total. The molecule has 1 unspecified atom stereocenters. The van der Waals surface area contributed by atoms with E-state index in [1.165, 1.54) is 16.7 Å². The van der Waals surface area contributed by atoms with Crippen molar-refractivity contribution >= 4 is 0 Å². The molecule has 0 bridgehead atoms. The summed E-state index contributed by atoms with van der Waals surface area (Å²) >= 11 is 0. The molecule has 0 heterocycles. The molecule has 0 radical (unpaired) electrons. The van der Waals surface area contributed by atoms with Crippen molar-refractivity contribution in [3.05, 3.63) is 59.7 Å². The second kappa shape index (κ2) is 6.53. The largest absolute Gasteiger partial charge is 0.374 e. The van der Waals surface area contributed by atoms with Crippen LogP contribution < -0.4 is 0 Å². The van der Waals surface area contributed by atoms with Crippen LogP contribution in [0.5, 0.6) is 0 Å². The number of rotatable bonds is 8. The molecule has 0 fully saturated rings. The van der Waals surface area contributed by atoms with Crippen LogP contribution >= 0.6 is 0 Å². The molecule has 2 heteroatoms. The second-order valence-electron chi connectivity index (χ2n) is 4.59. The average Bonchev–Trinajstić information content (AvgIpc) is 3.12. The van der Waals surface area contributed by atoms with E-state index >= 15 is 0 Å². The van der Waals surface area contributed by atoms with Gasteiger partial charge in [0.15, 0.2) is 0 Å². The summed E-state index contributed by atoms with van der Waals surface area (Å²) in [5, 5.41) is 0. The predicted molar refractivity (Wildman–Crippen MR) is 73.4 cm³/mol. The number of hydrogen-bond acceptors (Lipinski definition) is 2. The Kier molecular flexibility index (Phi) is 4.73. The van der Waals surface area contributed by atoms with Gasteiger partial charge in [-0.05, 0) is 24.5 Å². The molecule has 0 amide bonds. The van der Waals surface area contributed by atoms with Gasteiger partial charge in [0.05, 0.1) is 19.8 Å². The Bertz CT molecular complexity index is 420. The van der Waals surface area contributed by atoms with Crippen molar-refractivity contribution in [2.45, 2.75) is 26.1 Å². The van der Waals surface area contributed by atoms with Gasteiger partial charge in [0.2, 0.25) is 0 Å². The number of allylic oxidation sites excluding steroid dienone is 1. The minimum Gasteiger partial charge on any atom is -0.374 e. The first-order valence-corrected chi connectivity index (χ1v) is 6.34. The molecule has 1 atom stereocenters. The first-order valence-electron chi connectivity index (χ1n) is 6.34. The van der Waals surface area contributed by atoms with E-state index in [-0.39, 0.29) is 6.10 Å². The van der Waals surface area contributed by atoms with Gasteiger partial charge in [-0.2, -0.15) is 0 Å². The summed E-state index contributed by atoms with van der Waals surface area (Å²) < 4.78 is 11.5. The Morgan fingerprint density at radius 3 is 2.67 bits per heavy atom. The van der Waals surface area contributed by atoms with Crippen LogP contribution in [0, 0.1) is 0 Å². The highest BCUT2D eigenvalue weighted by atomic mass is 16.5. The van der Waals surface area contributed by atoms with Crippen LogP contribution in [0.25, 0.3) is 0 Å². The Labute approximate surface area is 109 Å². The quantitative estimate of drug-likeness (QED) is 0.652. The van der Waals surface area contributed by atoms with Gasteiger partial charge < -0.3 is 9.47 Å². The second-order valence-corrected chi connectivity index (χ2v) is 4.59. The molecule has 1 aliphatic rings. The Hall–Kier alpha value is -1.38. The third-order valence-electron chi connectivity index (χ3n) is 3.06. The Morgan fingerprint density at radius 1 is 1.33 bits per heavy atom. The first kappa shape index (κ1) is 13.1. The van der Waals surface area contributed by atoms with Crippen LogP contribution in [0.2, 0.25) is 0 Å². The van der Waals surface area contributed by atoms with Crippen molar-refractivity contribution in [1.29, 1.82) is 0 Å². The maximum Gasteiger partial charge on any atom is 0.103 e. The zero-order valence-electron chi connectivity index (χ0n) is 10.9. The lowest BCUT2D eigenvalue weighted by Gasteiger charge is -2.14. The fraction of sp³-hybridized carbons (Fsp3) is 0.375. The van der Waals surface area contributed by atoms with Crippen LogP contribution in [0.15, 0.2) is 54.1 Å². The first-order chi connectivity index (χ1) is 8.81. The van der Waals surface area contributed by atoms with Gasteiger partial charge >= 0.3 is 0 Å². The normalized spacial score (nSPS) is 15.6. The van der Waals surface area contributed by atoms with Crippen LogP contribution in [-0.2, 0) is 16.1 Å². The van der Waals surface area contributed by atoms with Crippen molar-refractivity contribution in [3.8, 4) is 0 Å². The summed E-state index contributed by atoms with van der Waals surface area (Å²) in [5.41, 5.74) is 4.03. The van der Waals surface area contributed by atoms with Crippen molar-refractivity contribution in [2.75, 3.05) is 13.2 Å². The lowest BCUT2D eigenvalue weighted by molar-refractivity contribution is 0.00915. The van der Waals surface area contributed by atoms with Gasteiger partial charge in [-0.1, -0.05) is 42.0 Å². The number of ether oxygens (including phenoxy) is 2. The van der Waals surface area contributed by atoms with Gasteiger partial charge in [0.25, 0.3) is 0 Å². The summed E-state index contributed by atoms with van der Waals surface area (Å²) in [4.78, 5) is 0. The van der Waals surface area contributed by atoms with E-state index in [0.717, 1.165) is 6.42 Å². The lowest BCUT2D eigenvalue weighted by atomic mass is 10.2. The van der Waals surface area contributed by atoms with Crippen molar-refractivity contribution < 1.29 is 9.47 Å². The fourth-order valence-electron chi connectivity index (χ4n) is 1.92. The molecule has 1 aliphatic carbocycles. The van der Waals surface area contributed by atoms with E-state index in [9.17, 15) is 0 Å². The summed E-state index contributed by atoms with van der Waals surface area (Å²) in [6.07, 6.45) is 2.98. The zero-order valence-corrected chi connectivity index (χ0v) is 10.9. The average molecular weight is 244 g/mol. The third kappa shape index (κ3) is 3.83. The summed E-state index contributed by atoms with van der Waals surface area (Å²) in [7, 11) is 0. The molecule has 18 heavy (non-hydrogen) atoms.